The Balaban J connectivity index is 1.58. The number of benzene rings is 1. The Bertz CT molecular complexity index is 679. The number of nitrogens with two attached hydrogens (primary N) is 1. The Kier molecular flexibility index (Phi) is 5.24. The molecule has 8 heteroatoms. The Morgan fingerprint density at radius 1 is 1.28 bits per heavy atom. The van der Waals surface area contributed by atoms with Crippen molar-refractivity contribution in [3.8, 4) is 0 Å². The van der Waals surface area contributed by atoms with Gasteiger partial charge in [0, 0.05) is 30.6 Å². The van der Waals surface area contributed by atoms with Crippen molar-refractivity contribution >= 4 is 35.1 Å². The van der Waals surface area contributed by atoms with E-state index in [0.29, 0.717) is 23.8 Å². The van der Waals surface area contributed by atoms with Gasteiger partial charge < -0.3 is 16.0 Å². The van der Waals surface area contributed by atoms with Gasteiger partial charge in [-0.2, -0.15) is 0 Å². The van der Waals surface area contributed by atoms with Crippen molar-refractivity contribution in [1.82, 2.24) is 10.2 Å². The minimum atomic E-state index is -0.689. The minimum Gasteiger partial charge on any atom is -0.341 e. The van der Waals surface area contributed by atoms with Gasteiger partial charge in [-0.05, 0) is 43.5 Å². The van der Waals surface area contributed by atoms with Crippen molar-refractivity contribution in [2.45, 2.75) is 37.8 Å². The first-order valence-corrected chi connectivity index (χ1v) is 8.77. The van der Waals surface area contributed by atoms with Gasteiger partial charge in [-0.25, -0.2) is 9.69 Å². The molecule has 0 spiro atoms. The highest BCUT2D eigenvalue weighted by molar-refractivity contribution is 6.30. The molecule has 2 fully saturated rings. The number of rotatable bonds is 4. The van der Waals surface area contributed by atoms with Crippen LogP contribution in [0.2, 0.25) is 5.02 Å². The highest BCUT2D eigenvalue weighted by atomic mass is 35.5. The van der Waals surface area contributed by atoms with Gasteiger partial charge in [0.05, 0.1) is 5.69 Å². The van der Waals surface area contributed by atoms with Crippen LogP contribution in [-0.2, 0) is 9.59 Å². The normalized spacial score (nSPS) is 23.8. The Morgan fingerprint density at radius 2 is 2.00 bits per heavy atom. The lowest BCUT2D eigenvalue weighted by Gasteiger charge is -2.31. The second-order valence-electron chi connectivity index (χ2n) is 6.43. The van der Waals surface area contributed by atoms with E-state index in [0.717, 1.165) is 17.7 Å². The average Bonchev–Trinajstić information content (AvgIpc) is 2.87. The lowest BCUT2D eigenvalue weighted by molar-refractivity contribution is -0.132. The molecule has 0 radical (unpaired) electrons. The largest absolute Gasteiger partial charge is 0.341 e. The third kappa shape index (κ3) is 3.93. The number of nitrogens with one attached hydrogen (secondary N) is 1. The van der Waals surface area contributed by atoms with Gasteiger partial charge in [-0.1, -0.05) is 11.6 Å². The first-order chi connectivity index (χ1) is 12.0. The summed E-state index contributed by atoms with van der Waals surface area (Å²) in [5.74, 6) is -0.377. The second-order valence-corrected chi connectivity index (χ2v) is 6.87. The van der Waals surface area contributed by atoms with E-state index in [1.165, 1.54) is 0 Å². The zero-order valence-corrected chi connectivity index (χ0v) is 14.5. The molecule has 4 amide bonds. The number of carbonyl (C=O) groups excluding carboxylic acids is 3. The molecule has 2 aliphatic heterocycles. The molecular formula is C17H21ClN4O3. The predicted molar refractivity (Wildman–Crippen MR) is 94.3 cm³/mol. The molecule has 134 valence electrons. The minimum absolute atomic E-state index is 0.0194. The highest BCUT2D eigenvalue weighted by Gasteiger charge is 2.39. The summed E-state index contributed by atoms with van der Waals surface area (Å²) in [4.78, 5) is 39.7. The molecule has 1 aromatic rings. The van der Waals surface area contributed by atoms with Crippen molar-refractivity contribution in [3.05, 3.63) is 29.3 Å². The van der Waals surface area contributed by atoms with Crippen molar-refractivity contribution in [1.29, 1.82) is 0 Å². The molecule has 0 aliphatic carbocycles. The molecule has 0 bridgehead atoms. The van der Waals surface area contributed by atoms with E-state index in [1.54, 1.807) is 29.2 Å². The smallest absolute Gasteiger partial charge is 0.329 e. The van der Waals surface area contributed by atoms with Crippen molar-refractivity contribution in [2.24, 2.45) is 5.73 Å². The Hall–Kier alpha value is -2.12. The SMILES string of the molecule is NC1CCCN(C(=O)CCC2NC(=O)N(c3ccc(Cl)cc3)C2=O)C1. The van der Waals surface area contributed by atoms with Crippen LogP contribution in [0.1, 0.15) is 25.7 Å². The summed E-state index contributed by atoms with van der Waals surface area (Å²) in [5, 5.41) is 3.17. The van der Waals surface area contributed by atoms with Crippen LogP contribution in [-0.4, -0.2) is 47.9 Å². The van der Waals surface area contributed by atoms with Crippen molar-refractivity contribution in [2.75, 3.05) is 18.0 Å². The fourth-order valence-electron chi connectivity index (χ4n) is 3.22. The topological polar surface area (TPSA) is 95.7 Å². The van der Waals surface area contributed by atoms with Crippen LogP contribution in [0, 0.1) is 0 Å². The maximum Gasteiger partial charge on any atom is 0.329 e. The number of nitrogens with zero attached hydrogens (tertiary/aromatic N) is 2. The van der Waals surface area contributed by atoms with Crippen LogP contribution in [0.3, 0.4) is 0 Å². The highest BCUT2D eigenvalue weighted by Crippen LogP contribution is 2.23. The van der Waals surface area contributed by atoms with Crippen LogP contribution in [0.5, 0.6) is 0 Å². The standard InChI is InChI=1S/C17H21ClN4O3/c18-11-3-5-13(6-4-11)22-16(24)14(20-17(22)25)7-8-15(23)21-9-1-2-12(19)10-21/h3-6,12,14H,1-2,7-10,19H2,(H,20,25). The molecule has 0 aromatic heterocycles. The number of anilines is 1. The van der Waals surface area contributed by atoms with Crippen molar-refractivity contribution in [3.63, 3.8) is 0 Å². The van der Waals surface area contributed by atoms with Gasteiger partial charge in [0.25, 0.3) is 5.91 Å². The van der Waals surface area contributed by atoms with E-state index >= 15 is 0 Å². The third-order valence-electron chi connectivity index (χ3n) is 4.56. The van der Waals surface area contributed by atoms with E-state index in [9.17, 15) is 14.4 Å². The molecule has 2 atom stereocenters. The summed E-state index contributed by atoms with van der Waals surface area (Å²) >= 11 is 5.83. The van der Waals surface area contributed by atoms with Crippen LogP contribution in [0.15, 0.2) is 24.3 Å². The molecule has 2 aliphatic rings. The molecular weight excluding hydrogens is 344 g/mol. The molecule has 3 N–H and O–H groups in total. The van der Waals surface area contributed by atoms with E-state index in [-0.39, 0.29) is 30.7 Å². The second kappa shape index (κ2) is 7.41. The lowest BCUT2D eigenvalue weighted by atomic mass is 10.1. The number of amides is 4. The van der Waals surface area contributed by atoms with Gasteiger partial charge in [-0.15, -0.1) is 0 Å². The van der Waals surface area contributed by atoms with E-state index in [4.69, 9.17) is 17.3 Å². The number of imide groups is 1. The van der Waals surface area contributed by atoms with E-state index in [2.05, 4.69) is 5.32 Å². The van der Waals surface area contributed by atoms with Crippen LogP contribution < -0.4 is 16.0 Å². The number of likely N-dealkylation sites (tertiary alicyclic amines) is 1. The molecule has 0 saturated carbocycles. The summed E-state index contributed by atoms with van der Waals surface area (Å²) in [6.45, 7) is 1.26. The first kappa shape index (κ1) is 17.7. The third-order valence-corrected chi connectivity index (χ3v) is 4.81. The van der Waals surface area contributed by atoms with Crippen LogP contribution in [0.4, 0.5) is 10.5 Å². The average molecular weight is 365 g/mol. The maximum atomic E-state index is 12.5. The fourth-order valence-corrected chi connectivity index (χ4v) is 3.35. The number of urea groups is 1. The molecule has 2 unspecified atom stereocenters. The number of carbonyl (C=O) groups is 3. The summed E-state index contributed by atoms with van der Waals surface area (Å²) in [6, 6.07) is 5.31. The number of hydrogen-bond donors (Lipinski definition) is 2. The van der Waals surface area contributed by atoms with E-state index < -0.39 is 12.1 Å². The van der Waals surface area contributed by atoms with Crippen LogP contribution >= 0.6 is 11.6 Å². The predicted octanol–water partition coefficient (Wildman–Crippen LogP) is 1.49. The summed E-state index contributed by atoms with van der Waals surface area (Å²) in [7, 11) is 0. The van der Waals surface area contributed by atoms with Gasteiger partial charge in [0.15, 0.2) is 0 Å². The Labute approximate surface area is 151 Å². The van der Waals surface area contributed by atoms with Gasteiger partial charge in [-0.3, -0.25) is 9.59 Å². The zero-order chi connectivity index (χ0) is 18.0. The van der Waals surface area contributed by atoms with Crippen molar-refractivity contribution < 1.29 is 14.4 Å². The summed E-state index contributed by atoms with van der Waals surface area (Å²) in [5.41, 5.74) is 6.35. The fraction of sp³-hybridized carbons (Fsp3) is 0.471. The summed E-state index contributed by atoms with van der Waals surface area (Å²) < 4.78 is 0. The van der Waals surface area contributed by atoms with Gasteiger partial charge in [0.1, 0.15) is 6.04 Å². The maximum absolute atomic E-state index is 12.5. The lowest BCUT2D eigenvalue weighted by Crippen LogP contribution is -2.46. The number of hydrogen-bond acceptors (Lipinski definition) is 4. The molecule has 1 aromatic carbocycles. The molecule has 25 heavy (non-hydrogen) atoms. The number of halogens is 1. The molecule has 2 heterocycles. The van der Waals surface area contributed by atoms with E-state index in [1.807, 2.05) is 0 Å². The van der Waals surface area contributed by atoms with Gasteiger partial charge in [0.2, 0.25) is 5.91 Å². The first-order valence-electron chi connectivity index (χ1n) is 8.39. The van der Waals surface area contributed by atoms with Crippen LogP contribution in [0.25, 0.3) is 0 Å². The zero-order valence-electron chi connectivity index (χ0n) is 13.8. The quantitative estimate of drug-likeness (QED) is 0.791. The summed E-state index contributed by atoms with van der Waals surface area (Å²) in [6.07, 6.45) is 2.31. The monoisotopic (exact) mass is 364 g/mol. The van der Waals surface area contributed by atoms with Gasteiger partial charge >= 0.3 is 6.03 Å². The molecule has 7 nitrogen and oxygen atoms in total. The Morgan fingerprint density at radius 3 is 2.68 bits per heavy atom. The molecule has 2 saturated heterocycles. The number of piperidine rings is 1. The molecule has 3 rings (SSSR count).